The molecule has 3 atom stereocenters. The summed E-state index contributed by atoms with van der Waals surface area (Å²) >= 11 is 0. The molecule has 1 aliphatic heterocycles. The van der Waals surface area contributed by atoms with Crippen molar-refractivity contribution in [2.45, 2.75) is 77.4 Å². The highest BCUT2D eigenvalue weighted by Gasteiger charge is 2.35. The van der Waals surface area contributed by atoms with Crippen LogP contribution in [0.3, 0.4) is 0 Å². The number of ketones is 1. The number of pyridine rings is 1. The van der Waals surface area contributed by atoms with Crippen LogP contribution in [-0.4, -0.2) is 41.7 Å². The number of hydrogen-bond acceptors (Lipinski definition) is 5. The second kappa shape index (κ2) is 12.9. The third-order valence-corrected chi connectivity index (χ3v) is 6.70. The summed E-state index contributed by atoms with van der Waals surface area (Å²) in [4.78, 5) is 28.7. The fourth-order valence-electron chi connectivity index (χ4n) is 4.35. The van der Waals surface area contributed by atoms with Gasteiger partial charge in [-0.3, -0.25) is 9.59 Å². The molecule has 1 fully saturated rings. The van der Waals surface area contributed by atoms with Crippen molar-refractivity contribution in [2.24, 2.45) is 5.92 Å². The Morgan fingerprint density at radius 2 is 1.97 bits per heavy atom. The maximum Gasteiger partial charge on any atom is 0.305 e. The maximum atomic E-state index is 13.6. The number of ether oxygens (including phenoxy) is 1. The van der Waals surface area contributed by atoms with Crippen LogP contribution in [-0.2, 0) is 4.79 Å². The van der Waals surface area contributed by atoms with Crippen LogP contribution in [0.4, 0.5) is 8.78 Å². The number of aryl methyl sites for hydroxylation is 1. The quantitative estimate of drug-likeness (QED) is 0.406. The highest BCUT2D eigenvalue weighted by Crippen LogP contribution is 2.32. The number of benzene rings is 1. The van der Waals surface area contributed by atoms with E-state index in [0.717, 1.165) is 37.1 Å². The van der Waals surface area contributed by atoms with Crippen molar-refractivity contribution in [1.29, 1.82) is 0 Å². The predicted octanol–water partition coefficient (Wildman–Crippen LogP) is 5.41. The summed E-state index contributed by atoms with van der Waals surface area (Å²) in [6.07, 6.45) is 3.41. The van der Waals surface area contributed by atoms with Gasteiger partial charge in [0.15, 0.2) is 0 Å². The van der Waals surface area contributed by atoms with Gasteiger partial charge in [0.25, 0.3) is 5.91 Å². The van der Waals surface area contributed by atoms with Gasteiger partial charge in [-0.05, 0) is 62.8 Å². The summed E-state index contributed by atoms with van der Waals surface area (Å²) in [7, 11) is 0. The number of rotatable bonds is 12. The molecule has 1 aromatic heterocycles. The second-order valence-electron chi connectivity index (χ2n) is 9.70. The number of piperidine rings is 1. The molecule has 2 heterocycles. The molecule has 2 aromatic rings. The van der Waals surface area contributed by atoms with Gasteiger partial charge in [-0.2, -0.15) is 8.78 Å². The summed E-state index contributed by atoms with van der Waals surface area (Å²) in [5.74, 6) is -4.02. The van der Waals surface area contributed by atoms with Crippen molar-refractivity contribution >= 4 is 11.7 Å². The van der Waals surface area contributed by atoms with Gasteiger partial charge in [0.05, 0.1) is 6.20 Å². The average molecular weight is 502 g/mol. The number of amides is 1. The van der Waals surface area contributed by atoms with E-state index in [4.69, 9.17) is 4.74 Å². The summed E-state index contributed by atoms with van der Waals surface area (Å²) in [5, 5.41) is 6.28. The maximum absolute atomic E-state index is 13.6. The lowest BCUT2D eigenvalue weighted by Gasteiger charge is -2.26. The van der Waals surface area contributed by atoms with Crippen LogP contribution in [0.5, 0.6) is 5.75 Å². The lowest BCUT2D eigenvalue weighted by Crippen LogP contribution is -2.45. The zero-order chi connectivity index (χ0) is 26.1. The molecule has 0 spiro atoms. The number of carbonyl (C=O) groups excluding carboxylic acids is 2. The Bertz CT molecular complexity index is 990. The van der Waals surface area contributed by atoms with Crippen molar-refractivity contribution in [1.82, 2.24) is 15.6 Å². The van der Waals surface area contributed by atoms with Crippen LogP contribution in [0.2, 0.25) is 0 Å². The van der Waals surface area contributed by atoms with Gasteiger partial charge in [-0.15, -0.1) is 0 Å². The average Bonchev–Trinajstić information content (AvgIpc) is 2.88. The third-order valence-electron chi connectivity index (χ3n) is 6.70. The number of hydrogen-bond donors (Lipinski definition) is 2. The molecule has 6 nitrogen and oxygen atoms in total. The standard InChI is InChI=1S/C28H37F2N3O3/c1-4-28(29,30)25(34)9-5-7-20(3)26(21-12-10-19(2)11-13-21)36-23-14-15-24(32-18-23)27(35)33-22-8-6-16-31-17-22/h10-15,18,20,22,26,31H,4-9,16-17H2,1-3H3,(H,33,35)/t20?,22-,26?/m0/s1. The number of Topliss-reactive ketones (excluding diaryl/α,β-unsaturated/α-hetero) is 1. The largest absolute Gasteiger partial charge is 0.484 e. The van der Waals surface area contributed by atoms with Crippen molar-refractivity contribution in [3.8, 4) is 5.75 Å². The number of alkyl halides is 2. The minimum atomic E-state index is -3.26. The van der Waals surface area contributed by atoms with Crippen LogP contribution in [0.15, 0.2) is 42.6 Å². The van der Waals surface area contributed by atoms with Gasteiger partial charge in [-0.1, -0.05) is 43.7 Å². The van der Waals surface area contributed by atoms with Gasteiger partial charge in [0, 0.05) is 25.4 Å². The van der Waals surface area contributed by atoms with Gasteiger partial charge in [0.2, 0.25) is 5.78 Å². The van der Waals surface area contributed by atoms with Crippen molar-refractivity contribution in [3.05, 3.63) is 59.4 Å². The van der Waals surface area contributed by atoms with Gasteiger partial charge in [-0.25, -0.2) is 4.98 Å². The molecule has 1 saturated heterocycles. The Hall–Kier alpha value is -2.87. The van der Waals surface area contributed by atoms with Gasteiger partial charge in [0.1, 0.15) is 17.5 Å². The van der Waals surface area contributed by atoms with E-state index in [1.807, 2.05) is 38.1 Å². The molecule has 0 bridgehead atoms. The minimum absolute atomic E-state index is 0.0440. The molecular weight excluding hydrogens is 464 g/mol. The molecule has 2 N–H and O–H groups in total. The lowest BCUT2D eigenvalue weighted by molar-refractivity contribution is -0.143. The topological polar surface area (TPSA) is 80.3 Å². The van der Waals surface area contributed by atoms with E-state index in [2.05, 4.69) is 15.6 Å². The molecular formula is C28H37F2N3O3. The molecule has 1 amide bonds. The summed E-state index contributed by atoms with van der Waals surface area (Å²) < 4.78 is 33.6. The first-order valence-electron chi connectivity index (χ1n) is 12.8. The number of nitrogens with one attached hydrogen (secondary N) is 2. The lowest BCUT2D eigenvalue weighted by atomic mass is 9.91. The summed E-state index contributed by atoms with van der Waals surface area (Å²) in [5.41, 5.74) is 2.39. The Morgan fingerprint density at radius 3 is 2.58 bits per heavy atom. The zero-order valence-electron chi connectivity index (χ0n) is 21.4. The molecule has 196 valence electrons. The van der Waals surface area contributed by atoms with Gasteiger partial charge < -0.3 is 15.4 Å². The monoisotopic (exact) mass is 501 g/mol. The van der Waals surface area contributed by atoms with E-state index in [0.29, 0.717) is 24.3 Å². The molecule has 1 aromatic carbocycles. The van der Waals surface area contributed by atoms with E-state index in [1.165, 1.54) is 13.1 Å². The van der Waals surface area contributed by atoms with Crippen molar-refractivity contribution in [2.75, 3.05) is 13.1 Å². The Morgan fingerprint density at radius 1 is 1.22 bits per heavy atom. The number of halogens is 2. The highest BCUT2D eigenvalue weighted by molar-refractivity contribution is 5.92. The smallest absolute Gasteiger partial charge is 0.305 e. The van der Waals surface area contributed by atoms with E-state index < -0.39 is 18.1 Å². The molecule has 0 saturated carbocycles. The van der Waals surface area contributed by atoms with Crippen LogP contribution in [0, 0.1) is 12.8 Å². The molecule has 36 heavy (non-hydrogen) atoms. The SMILES string of the molecule is CCC(F)(F)C(=O)CCCC(C)C(Oc1ccc(C(=O)N[C@H]2CCCNC2)nc1)c1ccc(C)cc1. The molecule has 2 unspecified atom stereocenters. The molecule has 0 radical (unpaired) electrons. The normalized spacial score (nSPS) is 17.8. The Balaban J connectivity index is 1.65. The first kappa shape index (κ1) is 27.7. The zero-order valence-corrected chi connectivity index (χ0v) is 21.4. The summed E-state index contributed by atoms with van der Waals surface area (Å²) in [6.45, 7) is 7.03. The van der Waals surface area contributed by atoms with E-state index in [9.17, 15) is 18.4 Å². The molecule has 1 aliphatic rings. The van der Waals surface area contributed by atoms with Crippen LogP contribution in [0.25, 0.3) is 0 Å². The second-order valence-corrected chi connectivity index (χ2v) is 9.70. The molecule has 8 heteroatoms. The van der Waals surface area contributed by atoms with Crippen LogP contribution >= 0.6 is 0 Å². The fraction of sp³-hybridized carbons (Fsp3) is 0.536. The Kier molecular flexibility index (Phi) is 9.93. The number of nitrogens with zero attached hydrogens (tertiary/aromatic N) is 1. The van der Waals surface area contributed by atoms with Crippen molar-refractivity contribution in [3.63, 3.8) is 0 Å². The third kappa shape index (κ3) is 7.82. The molecule has 0 aliphatic carbocycles. The van der Waals surface area contributed by atoms with Gasteiger partial charge >= 0.3 is 5.92 Å². The van der Waals surface area contributed by atoms with Crippen molar-refractivity contribution < 1.29 is 23.1 Å². The number of carbonyl (C=O) groups is 2. The predicted molar refractivity (Wildman–Crippen MR) is 135 cm³/mol. The van der Waals surface area contributed by atoms with E-state index >= 15 is 0 Å². The van der Waals surface area contributed by atoms with E-state index in [-0.39, 0.29) is 30.4 Å². The first-order valence-corrected chi connectivity index (χ1v) is 12.8. The number of aromatic nitrogens is 1. The Labute approximate surface area is 212 Å². The highest BCUT2D eigenvalue weighted by atomic mass is 19.3. The van der Waals surface area contributed by atoms with E-state index in [1.54, 1.807) is 12.1 Å². The minimum Gasteiger partial charge on any atom is -0.484 e. The van der Waals surface area contributed by atoms with Crippen LogP contribution in [0.1, 0.15) is 80.1 Å². The van der Waals surface area contributed by atoms with Crippen LogP contribution < -0.4 is 15.4 Å². The fourth-order valence-corrected chi connectivity index (χ4v) is 4.35. The summed E-state index contributed by atoms with van der Waals surface area (Å²) in [6, 6.07) is 11.4. The first-order chi connectivity index (χ1) is 17.2. The molecule has 3 rings (SSSR count).